The van der Waals surface area contributed by atoms with E-state index in [2.05, 4.69) is 19.7 Å². The normalized spacial score (nSPS) is 36.6. The van der Waals surface area contributed by atoms with Gasteiger partial charge in [0.25, 0.3) is 0 Å². The maximum atomic E-state index is 12.7. The zero-order valence-corrected chi connectivity index (χ0v) is 14.9. The van der Waals surface area contributed by atoms with E-state index in [1.807, 2.05) is 0 Å². The van der Waals surface area contributed by atoms with Crippen LogP contribution in [0.3, 0.4) is 0 Å². The van der Waals surface area contributed by atoms with Gasteiger partial charge >= 0.3 is 17.9 Å². The predicted molar refractivity (Wildman–Crippen MR) is 92.7 cm³/mol. The topological polar surface area (TPSA) is 78.9 Å². The Morgan fingerprint density at radius 2 is 2.04 bits per heavy atom. The Hall–Kier alpha value is -2.63. The maximum Gasteiger partial charge on any atom is 0.334 e. The molecule has 3 fully saturated rings. The first-order valence-corrected chi connectivity index (χ1v) is 8.49. The van der Waals surface area contributed by atoms with Crippen LogP contribution in [0.5, 0.6) is 0 Å². The van der Waals surface area contributed by atoms with E-state index in [1.165, 1.54) is 6.08 Å². The largest absolute Gasteiger partial charge is 0.460 e. The summed E-state index contributed by atoms with van der Waals surface area (Å²) in [4.78, 5) is 37.1. The molecular weight excluding hydrogens is 336 g/mol. The summed E-state index contributed by atoms with van der Waals surface area (Å²) in [5.41, 5.74) is 0.172. The maximum absolute atomic E-state index is 12.7. The van der Waals surface area contributed by atoms with Crippen LogP contribution in [0, 0.1) is 17.3 Å². The van der Waals surface area contributed by atoms with Gasteiger partial charge in [0, 0.05) is 23.5 Å². The van der Waals surface area contributed by atoms with Crippen molar-refractivity contribution in [2.45, 2.75) is 32.5 Å². The lowest BCUT2D eigenvalue weighted by Gasteiger charge is -2.50. The Morgan fingerprint density at radius 3 is 2.65 bits per heavy atom. The number of carbonyl (C=O) groups is 3. The lowest BCUT2D eigenvalue weighted by molar-refractivity contribution is -0.183. The molecule has 0 bridgehead atoms. The van der Waals surface area contributed by atoms with Crippen LogP contribution in [0.1, 0.15) is 20.3 Å². The standard InChI is InChI=1S/C20H22O6/c1-6-10(3)17(21)25-13-8-20(7-2)15(11(4)9-24-19(20)23)16-14(13)12(5)18(22)26-16/h6-7,13-16H,2,4-5,8-9H2,1,3H3. The van der Waals surface area contributed by atoms with E-state index in [-0.39, 0.29) is 18.6 Å². The first-order valence-electron chi connectivity index (χ1n) is 8.49. The van der Waals surface area contributed by atoms with Crippen molar-refractivity contribution < 1.29 is 28.6 Å². The van der Waals surface area contributed by atoms with Gasteiger partial charge in [-0.2, -0.15) is 0 Å². The van der Waals surface area contributed by atoms with Crippen LogP contribution in [-0.4, -0.2) is 36.7 Å². The summed E-state index contributed by atoms with van der Waals surface area (Å²) in [6.07, 6.45) is 1.83. The second kappa shape index (κ2) is 6.27. The zero-order valence-electron chi connectivity index (χ0n) is 14.9. The predicted octanol–water partition coefficient (Wildman–Crippen LogP) is 2.27. The summed E-state index contributed by atoms with van der Waals surface area (Å²) in [5.74, 6) is -2.54. The second-order valence-electron chi connectivity index (χ2n) is 7.00. The van der Waals surface area contributed by atoms with E-state index in [0.717, 1.165) is 0 Å². The molecule has 1 saturated carbocycles. The highest BCUT2D eigenvalue weighted by atomic mass is 16.6. The first-order chi connectivity index (χ1) is 12.3. The highest BCUT2D eigenvalue weighted by molar-refractivity contribution is 5.93. The lowest BCUT2D eigenvalue weighted by atomic mass is 9.57. The van der Waals surface area contributed by atoms with E-state index in [4.69, 9.17) is 14.2 Å². The van der Waals surface area contributed by atoms with E-state index in [0.29, 0.717) is 11.1 Å². The van der Waals surface area contributed by atoms with E-state index < -0.39 is 47.4 Å². The molecule has 5 atom stereocenters. The number of carbonyl (C=O) groups excluding carboxylic acids is 3. The molecule has 0 radical (unpaired) electrons. The van der Waals surface area contributed by atoms with Gasteiger partial charge < -0.3 is 14.2 Å². The average Bonchev–Trinajstić information content (AvgIpc) is 2.92. The molecule has 0 N–H and O–H groups in total. The quantitative estimate of drug-likeness (QED) is 0.333. The Labute approximate surface area is 152 Å². The molecule has 0 aromatic heterocycles. The Bertz CT molecular complexity index is 760. The molecule has 6 heteroatoms. The zero-order chi connectivity index (χ0) is 19.2. The number of cyclic esters (lactones) is 1. The fourth-order valence-corrected chi connectivity index (χ4v) is 4.14. The Balaban J connectivity index is 2.06. The van der Waals surface area contributed by atoms with Crippen LogP contribution < -0.4 is 0 Å². The van der Waals surface area contributed by atoms with Crippen LogP contribution in [0.2, 0.25) is 0 Å². The van der Waals surface area contributed by atoms with E-state index in [9.17, 15) is 14.4 Å². The van der Waals surface area contributed by atoms with Crippen molar-refractivity contribution in [3.63, 3.8) is 0 Å². The fraction of sp³-hybridized carbons (Fsp3) is 0.450. The van der Waals surface area contributed by atoms with Gasteiger partial charge in [-0.05, 0) is 19.4 Å². The number of allylic oxidation sites excluding steroid dienone is 1. The molecule has 3 rings (SSSR count). The molecule has 138 valence electrons. The molecule has 1 aliphatic carbocycles. The van der Waals surface area contributed by atoms with Gasteiger partial charge in [0.2, 0.25) is 0 Å². The summed E-state index contributed by atoms with van der Waals surface area (Å²) >= 11 is 0. The highest BCUT2D eigenvalue weighted by Gasteiger charge is 2.64. The van der Waals surface area contributed by atoms with Gasteiger partial charge in [-0.15, -0.1) is 6.58 Å². The van der Waals surface area contributed by atoms with Crippen molar-refractivity contribution in [2.75, 3.05) is 6.61 Å². The van der Waals surface area contributed by atoms with Crippen molar-refractivity contribution in [1.82, 2.24) is 0 Å². The van der Waals surface area contributed by atoms with Crippen LogP contribution in [-0.2, 0) is 28.6 Å². The Morgan fingerprint density at radius 1 is 1.35 bits per heavy atom. The number of esters is 3. The van der Waals surface area contributed by atoms with Crippen LogP contribution in [0.25, 0.3) is 0 Å². The number of fused-ring (bicyclic) bond motifs is 3. The summed E-state index contributed by atoms with van der Waals surface area (Å²) < 4.78 is 16.4. The van der Waals surface area contributed by atoms with Crippen molar-refractivity contribution in [3.8, 4) is 0 Å². The van der Waals surface area contributed by atoms with Crippen molar-refractivity contribution in [2.24, 2.45) is 17.3 Å². The number of rotatable bonds is 3. The lowest BCUT2D eigenvalue weighted by Crippen LogP contribution is -2.58. The first kappa shape index (κ1) is 18.2. The molecule has 0 aromatic rings. The summed E-state index contributed by atoms with van der Waals surface area (Å²) in [6.45, 7) is 15.1. The van der Waals surface area contributed by atoms with Crippen molar-refractivity contribution in [1.29, 1.82) is 0 Å². The molecule has 2 aliphatic heterocycles. The van der Waals surface area contributed by atoms with Gasteiger partial charge in [0.05, 0.1) is 11.3 Å². The minimum Gasteiger partial charge on any atom is -0.460 e. The van der Waals surface area contributed by atoms with Crippen LogP contribution >= 0.6 is 0 Å². The molecule has 0 amide bonds. The van der Waals surface area contributed by atoms with Crippen LogP contribution in [0.4, 0.5) is 0 Å². The SMILES string of the molecule is C=CC12CC(OC(=O)C(C)=CC)C3C(=C)C(=O)OC3C1C(=C)COC2=O. The van der Waals surface area contributed by atoms with Crippen molar-refractivity contribution in [3.05, 3.63) is 48.6 Å². The molecule has 0 spiro atoms. The van der Waals surface area contributed by atoms with Gasteiger partial charge in [-0.1, -0.05) is 25.3 Å². The minimum atomic E-state index is -1.16. The fourth-order valence-electron chi connectivity index (χ4n) is 4.14. The third kappa shape index (κ3) is 2.43. The molecule has 26 heavy (non-hydrogen) atoms. The van der Waals surface area contributed by atoms with Crippen LogP contribution in [0.15, 0.2) is 48.6 Å². The summed E-state index contributed by atoms with van der Waals surface area (Å²) in [6, 6.07) is 0. The monoisotopic (exact) mass is 358 g/mol. The third-order valence-corrected chi connectivity index (χ3v) is 5.67. The van der Waals surface area contributed by atoms with Gasteiger partial charge in [-0.25, -0.2) is 9.59 Å². The van der Waals surface area contributed by atoms with E-state index >= 15 is 0 Å². The number of hydrogen-bond donors (Lipinski definition) is 0. The number of hydrogen-bond acceptors (Lipinski definition) is 6. The molecule has 2 saturated heterocycles. The second-order valence-corrected chi connectivity index (χ2v) is 7.00. The summed E-state index contributed by atoms with van der Waals surface area (Å²) in [7, 11) is 0. The number of ether oxygens (including phenoxy) is 3. The molecule has 5 unspecified atom stereocenters. The molecular formula is C20H22O6. The van der Waals surface area contributed by atoms with E-state index in [1.54, 1.807) is 19.9 Å². The molecule has 6 nitrogen and oxygen atoms in total. The third-order valence-electron chi connectivity index (χ3n) is 5.67. The molecule has 3 aliphatic rings. The van der Waals surface area contributed by atoms with Gasteiger partial charge in [-0.3, -0.25) is 4.79 Å². The highest BCUT2D eigenvalue weighted by Crippen LogP contribution is 2.56. The van der Waals surface area contributed by atoms with Gasteiger partial charge in [0.1, 0.15) is 18.8 Å². The minimum absolute atomic E-state index is 0.0640. The Kier molecular flexibility index (Phi) is 4.38. The average molecular weight is 358 g/mol. The van der Waals surface area contributed by atoms with Gasteiger partial charge in [0.15, 0.2) is 0 Å². The van der Waals surface area contributed by atoms with Crippen molar-refractivity contribution >= 4 is 17.9 Å². The molecule has 0 aromatic carbocycles. The summed E-state index contributed by atoms with van der Waals surface area (Å²) in [5, 5.41) is 0. The smallest absolute Gasteiger partial charge is 0.334 e. The molecule has 2 heterocycles.